The molecule has 16 heavy (non-hydrogen) atoms. The van der Waals surface area contributed by atoms with Crippen molar-refractivity contribution in [1.82, 2.24) is 9.55 Å². The van der Waals surface area contributed by atoms with E-state index < -0.39 is 17.1 Å². The van der Waals surface area contributed by atoms with E-state index in [2.05, 4.69) is 20.9 Å². The van der Waals surface area contributed by atoms with Crippen LogP contribution in [0.4, 0.5) is 0 Å². The number of H-pyrrole nitrogens is 1. The first kappa shape index (κ1) is 10.7. The lowest BCUT2D eigenvalue weighted by Gasteiger charge is -2.06. The first-order valence-corrected chi connectivity index (χ1v) is 5.18. The van der Waals surface area contributed by atoms with Gasteiger partial charge in [-0.2, -0.15) is 0 Å². The summed E-state index contributed by atoms with van der Waals surface area (Å²) in [6, 6.07) is 7.69. The highest BCUT2D eigenvalue weighted by Crippen LogP contribution is 2.15. The Balaban J connectivity index is 2.69. The normalized spacial score (nSPS) is 10.3. The van der Waals surface area contributed by atoms with Crippen molar-refractivity contribution in [1.29, 1.82) is 0 Å². The third kappa shape index (κ3) is 1.92. The zero-order chi connectivity index (χ0) is 11.7. The lowest BCUT2D eigenvalue weighted by molar-refractivity contribution is 0.431. The Morgan fingerprint density at radius 1 is 1.19 bits per heavy atom. The molecule has 0 radical (unpaired) electrons. The van der Waals surface area contributed by atoms with E-state index in [4.69, 9.17) is 0 Å². The van der Waals surface area contributed by atoms with Crippen molar-refractivity contribution >= 4 is 15.9 Å². The number of hydrogen-bond donors (Lipinski definition) is 2. The quantitative estimate of drug-likeness (QED) is 0.819. The van der Waals surface area contributed by atoms with Gasteiger partial charge in [0.2, 0.25) is 5.88 Å². The minimum Gasteiger partial charge on any atom is -0.494 e. The van der Waals surface area contributed by atoms with Gasteiger partial charge in [0.25, 0.3) is 5.56 Å². The van der Waals surface area contributed by atoms with Crippen LogP contribution in [0.3, 0.4) is 0 Å². The van der Waals surface area contributed by atoms with E-state index in [1.54, 1.807) is 24.3 Å². The smallest absolute Gasteiger partial charge is 0.335 e. The number of halogens is 1. The molecular weight excluding hydrogens is 276 g/mol. The van der Waals surface area contributed by atoms with Crippen molar-refractivity contribution in [2.45, 2.75) is 0 Å². The predicted molar refractivity (Wildman–Crippen MR) is 62.0 cm³/mol. The molecular formula is C10H7BrN2O3. The van der Waals surface area contributed by atoms with Crippen molar-refractivity contribution in [2.75, 3.05) is 0 Å². The van der Waals surface area contributed by atoms with Gasteiger partial charge in [0.05, 0.1) is 11.8 Å². The molecule has 0 atom stereocenters. The Bertz CT molecular complexity index is 628. The van der Waals surface area contributed by atoms with Gasteiger partial charge in [-0.1, -0.05) is 15.9 Å². The maximum absolute atomic E-state index is 11.5. The fourth-order valence-electron chi connectivity index (χ4n) is 1.32. The van der Waals surface area contributed by atoms with Crippen LogP contribution in [0.5, 0.6) is 5.88 Å². The highest BCUT2D eigenvalue weighted by molar-refractivity contribution is 9.10. The number of hydrogen-bond acceptors (Lipinski definition) is 3. The zero-order valence-corrected chi connectivity index (χ0v) is 9.56. The second-order valence-corrected chi connectivity index (χ2v) is 4.02. The van der Waals surface area contributed by atoms with Gasteiger partial charge in [0.1, 0.15) is 0 Å². The summed E-state index contributed by atoms with van der Waals surface area (Å²) in [5.41, 5.74) is -0.829. The fourth-order valence-corrected chi connectivity index (χ4v) is 1.59. The lowest BCUT2D eigenvalue weighted by atomic mass is 10.3. The Hall–Kier alpha value is -1.82. The first-order chi connectivity index (χ1) is 7.58. The molecule has 1 heterocycles. The average molecular weight is 283 g/mol. The minimum absolute atomic E-state index is 0.393. The number of nitrogens with one attached hydrogen (secondary N) is 1. The van der Waals surface area contributed by atoms with E-state index in [0.29, 0.717) is 5.69 Å². The van der Waals surface area contributed by atoms with Gasteiger partial charge in [-0.15, -0.1) is 0 Å². The summed E-state index contributed by atoms with van der Waals surface area (Å²) >= 11 is 3.26. The Morgan fingerprint density at radius 2 is 1.81 bits per heavy atom. The minimum atomic E-state index is -0.674. The molecule has 0 aliphatic carbocycles. The van der Waals surface area contributed by atoms with Crippen LogP contribution in [0.1, 0.15) is 0 Å². The van der Waals surface area contributed by atoms with Gasteiger partial charge in [-0.25, -0.2) is 9.36 Å². The largest absolute Gasteiger partial charge is 0.494 e. The van der Waals surface area contributed by atoms with Crippen LogP contribution in [0, 0.1) is 0 Å². The number of aromatic hydroxyl groups is 1. The molecule has 0 amide bonds. The number of aromatic nitrogens is 2. The van der Waals surface area contributed by atoms with E-state index in [1.807, 2.05) is 0 Å². The summed E-state index contributed by atoms with van der Waals surface area (Å²) in [4.78, 5) is 24.5. The third-order valence-electron chi connectivity index (χ3n) is 2.01. The van der Waals surface area contributed by atoms with E-state index in [1.165, 1.54) is 0 Å². The third-order valence-corrected chi connectivity index (χ3v) is 2.54. The van der Waals surface area contributed by atoms with Gasteiger partial charge >= 0.3 is 5.69 Å². The van der Waals surface area contributed by atoms with Gasteiger partial charge < -0.3 is 5.11 Å². The topological polar surface area (TPSA) is 75.1 Å². The Morgan fingerprint density at radius 3 is 2.38 bits per heavy atom. The molecule has 2 N–H and O–H groups in total. The van der Waals surface area contributed by atoms with Crippen LogP contribution in [0.15, 0.2) is 44.4 Å². The first-order valence-electron chi connectivity index (χ1n) is 4.39. The van der Waals surface area contributed by atoms with Crippen molar-refractivity contribution < 1.29 is 5.11 Å². The standard InChI is InChI=1S/C10H7BrN2O3/c11-6-1-3-7(4-2-6)13-9(15)5-8(14)12-10(13)16/h1-5,15H,(H,12,14,16). The molecule has 1 aromatic carbocycles. The highest BCUT2D eigenvalue weighted by Gasteiger charge is 2.06. The summed E-state index contributed by atoms with van der Waals surface area (Å²) in [5.74, 6) is -0.393. The van der Waals surface area contributed by atoms with Crippen LogP contribution in [-0.4, -0.2) is 14.7 Å². The molecule has 2 rings (SSSR count). The van der Waals surface area contributed by atoms with E-state index in [9.17, 15) is 14.7 Å². The number of benzene rings is 1. The molecule has 0 spiro atoms. The molecule has 0 fully saturated rings. The molecule has 1 aromatic heterocycles. The Labute approximate surface area is 98.1 Å². The fraction of sp³-hybridized carbons (Fsp3) is 0. The second kappa shape index (κ2) is 3.97. The van der Waals surface area contributed by atoms with Crippen LogP contribution in [0.2, 0.25) is 0 Å². The highest BCUT2D eigenvalue weighted by atomic mass is 79.9. The Kier molecular flexibility index (Phi) is 2.66. The van der Waals surface area contributed by atoms with E-state index in [0.717, 1.165) is 15.1 Å². The van der Waals surface area contributed by atoms with E-state index >= 15 is 0 Å². The molecule has 0 unspecified atom stereocenters. The van der Waals surface area contributed by atoms with Crippen molar-refractivity contribution in [3.63, 3.8) is 0 Å². The summed E-state index contributed by atoms with van der Waals surface area (Å²) in [6.45, 7) is 0. The van der Waals surface area contributed by atoms with Crippen molar-refractivity contribution in [2.24, 2.45) is 0 Å². The summed E-state index contributed by atoms with van der Waals surface area (Å²) in [7, 11) is 0. The molecule has 0 aliphatic rings. The van der Waals surface area contributed by atoms with Gasteiger partial charge in [-0.05, 0) is 24.3 Å². The van der Waals surface area contributed by atoms with Crippen molar-refractivity contribution in [3.05, 3.63) is 55.6 Å². The average Bonchev–Trinajstić information content (AvgIpc) is 2.19. The molecule has 0 saturated heterocycles. The SMILES string of the molecule is O=c1cc(O)n(-c2ccc(Br)cc2)c(=O)[nH]1. The molecule has 82 valence electrons. The lowest BCUT2D eigenvalue weighted by Crippen LogP contribution is -2.27. The van der Waals surface area contributed by atoms with Crippen LogP contribution < -0.4 is 11.2 Å². The number of nitrogens with zero attached hydrogens (tertiary/aromatic N) is 1. The van der Waals surface area contributed by atoms with Gasteiger partial charge in [-0.3, -0.25) is 9.78 Å². The second-order valence-electron chi connectivity index (χ2n) is 3.11. The molecule has 5 nitrogen and oxygen atoms in total. The van der Waals surface area contributed by atoms with Gasteiger partial charge in [0.15, 0.2) is 0 Å². The van der Waals surface area contributed by atoms with Crippen molar-refractivity contribution in [3.8, 4) is 11.6 Å². The molecule has 0 bridgehead atoms. The molecule has 0 saturated carbocycles. The zero-order valence-electron chi connectivity index (χ0n) is 7.98. The molecule has 0 aliphatic heterocycles. The summed E-state index contributed by atoms with van der Waals surface area (Å²) in [5, 5.41) is 9.53. The summed E-state index contributed by atoms with van der Waals surface area (Å²) < 4.78 is 1.86. The maximum atomic E-state index is 11.5. The van der Waals surface area contributed by atoms with Crippen LogP contribution >= 0.6 is 15.9 Å². The monoisotopic (exact) mass is 282 g/mol. The predicted octanol–water partition coefficient (Wildman–Crippen LogP) is 0.994. The summed E-state index contributed by atoms with van der Waals surface area (Å²) in [6.07, 6.45) is 0. The van der Waals surface area contributed by atoms with Crippen LogP contribution in [0.25, 0.3) is 5.69 Å². The number of aromatic amines is 1. The van der Waals surface area contributed by atoms with Crippen LogP contribution in [-0.2, 0) is 0 Å². The molecule has 6 heteroatoms. The maximum Gasteiger partial charge on any atom is 0.335 e. The number of rotatable bonds is 1. The molecule has 2 aromatic rings. The van der Waals surface area contributed by atoms with Gasteiger partial charge in [0, 0.05) is 4.47 Å². The van der Waals surface area contributed by atoms with E-state index in [-0.39, 0.29) is 0 Å².